The molecule has 0 saturated heterocycles. The molecule has 0 rings (SSSR count). The summed E-state index contributed by atoms with van der Waals surface area (Å²) in [6, 6.07) is 0. The van der Waals surface area contributed by atoms with Gasteiger partial charge in [-0.2, -0.15) is 0 Å². The Bertz CT molecular complexity index is 190. The number of aliphatic imine (C=N–C) groups is 1. The number of carbonyl (C=O) groups is 1. The second-order valence-electron chi connectivity index (χ2n) is 1.93. The standard InChI is InChI=1S/C8H13NO2/c1-4-9-6-7(3)8(10)11-5-2/h4-5H2,1-3H3. The summed E-state index contributed by atoms with van der Waals surface area (Å²) in [6.07, 6.45) is 0. The van der Waals surface area contributed by atoms with Gasteiger partial charge in [0.05, 0.1) is 12.2 Å². The van der Waals surface area contributed by atoms with Crippen LogP contribution in [-0.4, -0.2) is 25.0 Å². The predicted molar refractivity (Wildman–Crippen MR) is 43.8 cm³/mol. The van der Waals surface area contributed by atoms with Crippen molar-refractivity contribution in [2.45, 2.75) is 20.8 Å². The molecule has 0 N–H and O–H groups in total. The highest BCUT2D eigenvalue weighted by Crippen LogP contribution is 1.89. The van der Waals surface area contributed by atoms with E-state index in [2.05, 4.69) is 10.9 Å². The molecule has 0 radical (unpaired) electrons. The summed E-state index contributed by atoms with van der Waals surface area (Å²) in [4.78, 5) is 14.7. The molecule has 0 aromatic rings. The molecule has 0 unspecified atom stereocenters. The summed E-state index contributed by atoms with van der Waals surface area (Å²) in [7, 11) is 0. The molecule has 0 aliphatic heterocycles. The van der Waals surface area contributed by atoms with E-state index in [0.29, 0.717) is 18.7 Å². The van der Waals surface area contributed by atoms with Crippen molar-refractivity contribution < 1.29 is 9.53 Å². The van der Waals surface area contributed by atoms with Crippen molar-refractivity contribution in [1.82, 2.24) is 0 Å². The lowest BCUT2D eigenvalue weighted by atomic mass is 10.3. The largest absolute Gasteiger partial charge is 0.462 e. The maximum absolute atomic E-state index is 10.9. The summed E-state index contributed by atoms with van der Waals surface area (Å²) in [5.74, 6) is 2.24. The minimum atomic E-state index is -0.343. The van der Waals surface area contributed by atoms with Crippen LogP contribution in [0.5, 0.6) is 0 Å². The summed E-state index contributed by atoms with van der Waals surface area (Å²) < 4.78 is 4.70. The Labute approximate surface area is 66.8 Å². The SMILES string of the molecule is CCN=C=C(C)C(=O)OCC. The molecule has 11 heavy (non-hydrogen) atoms. The van der Waals surface area contributed by atoms with E-state index >= 15 is 0 Å². The molecule has 0 amide bonds. The van der Waals surface area contributed by atoms with Gasteiger partial charge in [-0.05, 0) is 26.6 Å². The number of carbonyl (C=O) groups excluding carboxylic acids is 1. The van der Waals surface area contributed by atoms with E-state index in [4.69, 9.17) is 4.74 Å². The lowest BCUT2D eigenvalue weighted by Crippen LogP contribution is -2.05. The van der Waals surface area contributed by atoms with Gasteiger partial charge in [-0.25, -0.2) is 9.79 Å². The van der Waals surface area contributed by atoms with Crippen molar-refractivity contribution in [3.63, 3.8) is 0 Å². The quantitative estimate of drug-likeness (QED) is 0.349. The van der Waals surface area contributed by atoms with Crippen molar-refractivity contribution in [1.29, 1.82) is 0 Å². The first kappa shape index (κ1) is 9.92. The highest BCUT2D eigenvalue weighted by atomic mass is 16.5. The molecule has 0 aromatic carbocycles. The van der Waals surface area contributed by atoms with E-state index in [1.165, 1.54) is 0 Å². The number of rotatable bonds is 3. The van der Waals surface area contributed by atoms with Crippen LogP contribution in [0, 0.1) is 0 Å². The molecule has 0 atom stereocenters. The van der Waals surface area contributed by atoms with Crippen molar-refractivity contribution in [3.8, 4) is 0 Å². The van der Waals surface area contributed by atoms with Crippen molar-refractivity contribution in [2.75, 3.05) is 13.2 Å². The van der Waals surface area contributed by atoms with Crippen LogP contribution in [0.4, 0.5) is 0 Å². The maximum Gasteiger partial charge on any atom is 0.343 e. The zero-order chi connectivity index (χ0) is 8.69. The highest BCUT2D eigenvalue weighted by molar-refractivity contribution is 5.97. The number of ether oxygens (including phenoxy) is 1. The molecule has 0 aromatic heterocycles. The van der Waals surface area contributed by atoms with Crippen LogP contribution in [0.2, 0.25) is 0 Å². The van der Waals surface area contributed by atoms with Gasteiger partial charge in [0.1, 0.15) is 0 Å². The number of hydrogen-bond donors (Lipinski definition) is 0. The van der Waals surface area contributed by atoms with Crippen LogP contribution in [0.25, 0.3) is 0 Å². The Morgan fingerprint density at radius 3 is 2.64 bits per heavy atom. The molecule has 62 valence electrons. The number of nitrogens with zero attached hydrogens (tertiary/aromatic N) is 1. The van der Waals surface area contributed by atoms with Gasteiger partial charge in [-0.3, -0.25) is 0 Å². The predicted octanol–water partition coefficient (Wildman–Crippen LogP) is 1.19. The van der Waals surface area contributed by atoms with Gasteiger partial charge in [0, 0.05) is 6.54 Å². The Balaban J connectivity index is 4.12. The molecular formula is C8H13NO2. The topological polar surface area (TPSA) is 38.7 Å². The third-order valence-electron chi connectivity index (χ3n) is 0.986. The van der Waals surface area contributed by atoms with Gasteiger partial charge >= 0.3 is 5.97 Å². The first-order valence-corrected chi connectivity index (χ1v) is 3.65. The van der Waals surface area contributed by atoms with Crippen LogP contribution in [0.1, 0.15) is 20.8 Å². The molecule has 0 aliphatic carbocycles. The summed E-state index contributed by atoms with van der Waals surface area (Å²) in [5.41, 5.74) is 0.425. The van der Waals surface area contributed by atoms with E-state index in [9.17, 15) is 4.79 Å². The van der Waals surface area contributed by atoms with Crippen LogP contribution in [-0.2, 0) is 9.53 Å². The molecule has 0 fully saturated rings. The first-order chi connectivity index (χ1) is 5.22. The van der Waals surface area contributed by atoms with E-state index in [-0.39, 0.29) is 5.97 Å². The third-order valence-corrected chi connectivity index (χ3v) is 0.986. The molecule has 0 spiro atoms. The fraction of sp³-hybridized carbons (Fsp3) is 0.625. The van der Waals surface area contributed by atoms with Gasteiger partial charge in [0.2, 0.25) is 0 Å². The van der Waals surface area contributed by atoms with Crippen LogP contribution in [0.3, 0.4) is 0 Å². The fourth-order valence-electron chi connectivity index (χ4n) is 0.483. The van der Waals surface area contributed by atoms with E-state index < -0.39 is 0 Å². The summed E-state index contributed by atoms with van der Waals surface area (Å²) in [5, 5.41) is 0. The zero-order valence-corrected chi connectivity index (χ0v) is 7.18. The van der Waals surface area contributed by atoms with Crippen LogP contribution < -0.4 is 0 Å². The normalized spacial score (nSPS) is 8.27. The van der Waals surface area contributed by atoms with Crippen molar-refractivity contribution in [3.05, 3.63) is 5.57 Å². The third kappa shape index (κ3) is 4.34. The Hall–Kier alpha value is -1.08. The van der Waals surface area contributed by atoms with Crippen LogP contribution in [0.15, 0.2) is 10.6 Å². The summed E-state index contributed by atoms with van der Waals surface area (Å²) in [6.45, 7) is 6.31. The van der Waals surface area contributed by atoms with Crippen molar-refractivity contribution in [2.24, 2.45) is 4.99 Å². The Morgan fingerprint density at radius 2 is 2.18 bits per heavy atom. The molecule has 0 saturated carbocycles. The minimum Gasteiger partial charge on any atom is -0.462 e. The molecule has 0 bridgehead atoms. The molecular weight excluding hydrogens is 142 g/mol. The molecule has 0 heterocycles. The second-order valence-corrected chi connectivity index (χ2v) is 1.93. The Morgan fingerprint density at radius 1 is 1.55 bits per heavy atom. The first-order valence-electron chi connectivity index (χ1n) is 3.65. The molecule has 3 heteroatoms. The lowest BCUT2D eigenvalue weighted by Gasteiger charge is -1.96. The van der Waals surface area contributed by atoms with Gasteiger partial charge < -0.3 is 4.74 Å². The van der Waals surface area contributed by atoms with Gasteiger partial charge in [0.25, 0.3) is 0 Å². The highest BCUT2D eigenvalue weighted by Gasteiger charge is 2.02. The monoisotopic (exact) mass is 155 g/mol. The summed E-state index contributed by atoms with van der Waals surface area (Å²) >= 11 is 0. The second kappa shape index (κ2) is 5.69. The van der Waals surface area contributed by atoms with Gasteiger partial charge in [-0.15, -0.1) is 0 Å². The average Bonchev–Trinajstić information content (AvgIpc) is 2.00. The molecule has 3 nitrogen and oxygen atoms in total. The molecule has 0 aliphatic rings. The average molecular weight is 155 g/mol. The number of esters is 1. The van der Waals surface area contributed by atoms with E-state index in [1.54, 1.807) is 13.8 Å². The van der Waals surface area contributed by atoms with Crippen LogP contribution >= 0.6 is 0 Å². The zero-order valence-electron chi connectivity index (χ0n) is 7.18. The van der Waals surface area contributed by atoms with E-state index in [0.717, 1.165) is 0 Å². The van der Waals surface area contributed by atoms with E-state index in [1.807, 2.05) is 6.92 Å². The minimum absolute atomic E-state index is 0.343. The fourth-order valence-corrected chi connectivity index (χ4v) is 0.483. The van der Waals surface area contributed by atoms with Gasteiger partial charge in [0.15, 0.2) is 0 Å². The lowest BCUT2D eigenvalue weighted by molar-refractivity contribution is -0.138. The Kier molecular flexibility index (Phi) is 5.13. The maximum atomic E-state index is 10.9. The van der Waals surface area contributed by atoms with Crippen molar-refractivity contribution >= 4 is 11.8 Å². The van der Waals surface area contributed by atoms with Gasteiger partial charge in [-0.1, -0.05) is 0 Å². The number of hydrogen-bond acceptors (Lipinski definition) is 3. The smallest absolute Gasteiger partial charge is 0.343 e.